The molecule has 2 aromatic heterocycles. The molecule has 0 unspecified atom stereocenters. The predicted octanol–water partition coefficient (Wildman–Crippen LogP) is 2.86. The first-order chi connectivity index (χ1) is 9.82. The molecule has 2 rings (SSSR count). The Morgan fingerprint density at radius 1 is 1.29 bits per heavy atom. The van der Waals surface area contributed by atoms with Crippen molar-refractivity contribution in [3.8, 4) is 6.07 Å². The Hall–Kier alpha value is -2.42. The van der Waals surface area contributed by atoms with Gasteiger partial charge in [0.2, 0.25) is 5.89 Å². The molecule has 0 bridgehead atoms. The summed E-state index contributed by atoms with van der Waals surface area (Å²) in [4.78, 5) is 4.23. The molecule has 0 aliphatic carbocycles. The van der Waals surface area contributed by atoms with Gasteiger partial charge in [0, 0.05) is 5.41 Å². The SMILES string of the molecule is Cc1nnc(NCc2ncc(C(C)(C)C)o2)c(C#N)c1C. The largest absolute Gasteiger partial charge is 0.443 e. The van der Waals surface area contributed by atoms with E-state index in [4.69, 9.17) is 4.42 Å². The summed E-state index contributed by atoms with van der Waals surface area (Å²) >= 11 is 0. The highest BCUT2D eigenvalue weighted by atomic mass is 16.4. The zero-order chi connectivity index (χ0) is 15.6. The molecule has 0 spiro atoms. The number of aryl methyl sites for hydroxylation is 1. The molecule has 21 heavy (non-hydrogen) atoms. The lowest BCUT2D eigenvalue weighted by Gasteiger charge is -2.13. The molecule has 0 saturated carbocycles. The van der Waals surface area contributed by atoms with Crippen LogP contribution in [0.1, 0.15) is 49.2 Å². The first-order valence-corrected chi connectivity index (χ1v) is 6.76. The van der Waals surface area contributed by atoms with E-state index < -0.39 is 0 Å². The van der Waals surface area contributed by atoms with Crippen LogP contribution in [0.5, 0.6) is 0 Å². The Morgan fingerprint density at radius 2 is 2.00 bits per heavy atom. The Morgan fingerprint density at radius 3 is 2.57 bits per heavy atom. The lowest BCUT2D eigenvalue weighted by molar-refractivity contribution is 0.385. The smallest absolute Gasteiger partial charge is 0.213 e. The van der Waals surface area contributed by atoms with Crippen molar-refractivity contribution in [1.82, 2.24) is 15.2 Å². The average molecular weight is 285 g/mol. The van der Waals surface area contributed by atoms with Gasteiger partial charge < -0.3 is 9.73 Å². The van der Waals surface area contributed by atoms with Gasteiger partial charge in [-0.05, 0) is 19.4 Å². The summed E-state index contributed by atoms with van der Waals surface area (Å²) < 4.78 is 5.69. The van der Waals surface area contributed by atoms with Gasteiger partial charge in [0.05, 0.1) is 18.4 Å². The fourth-order valence-corrected chi connectivity index (χ4v) is 1.77. The van der Waals surface area contributed by atoms with Crippen LogP contribution in [0.4, 0.5) is 5.82 Å². The van der Waals surface area contributed by atoms with Gasteiger partial charge in [-0.3, -0.25) is 0 Å². The molecule has 6 nitrogen and oxygen atoms in total. The monoisotopic (exact) mass is 285 g/mol. The van der Waals surface area contributed by atoms with Crippen LogP contribution in [-0.2, 0) is 12.0 Å². The molecule has 110 valence electrons. The van der Waals surface area contributed by atoms with E-state index in [1.54, 1.807) is 6.20 Å². The van der Waals surface area contributed by atoms with Crippen molar-refractivity contribution in [2.45, 2.75) is 46.6 Å². The van der Waals surface area contributed by atoms with Crippen LogP contribution in [0.3, 0.4) is 0 Å². The maximum Gasteiger partial charge on any atom is 0.213 e. The number of oxazole rings is 1. The molecule has 0 atom stereocenters. The topological polar surface area (TPSA) is 87.6 Å². The highest BCUT2D eigenvalue weighted by Gasteiger charge is 2.19. The van der Waals surface area contributed by atoms with Crippen LogP contribution in [0.25, 0.3) is 0 Å². The van der Waals surface area contributed by atoms with Crippen molar-refractivity contribution in [2.75, 3.05) is 5.32 Å². The van der Waals surface area contributed by atoms with E-state index in [2.05, 4.69) is 47.3 Å². The van der Waals surface area contributed by atoms with Crippen LogP contribution in [0.2, 0.25) is 0 Å². The third-order valence-corrected chi connectivity index (χ3v) is 3.27. The zero-order valence-corrected chi connectivity index (χ0v) is 13.0. The van der Waals surface area contributed by atoms with Crippen LogP contribution in [0.15, 0.2) is 10.6 Å². The highest BCUT2D eigenvalue weighted by Crippen LogP contribution is 2.23. The number of anilines is 1. The van der Waals surface area contributed by atoms with E-state index >= 15 is 0 Å². The molecule has 2 heterocycles. The molecular weight excluding hydrogens is 266 g/mol. The summed E-state index contributed by atoms with van der Waals surface area (Å²) in [5.41, 5.74) is 2.01. The Labute approximate surface area is 124 Å². The fraction of sp³-hybridized carbons (Fsp3) is 0.467. The summed E-state index contributed by atoms with van der Waals surface area (Å²) in [6.07, 6.45) is 1.73. The lowest BCUT2D eigenvalue weighted by Crippen LogP contribution is -2.09. The van der Waals surface area contributed by atoms with E-state index in [0.717, 1.165) is 17.0 Å². The number of nitrogens with zero attached hydrogens (tertiary/aromatic N) is 4. The molecule has 0 radical (unpaired) electrons. The number of hydrogen-bond donors (Lipinski definition) is 1. The Bertz CT molecular complexity index is 691. The van der Waals surface area contributed by atoms with Crippen LogP contribution >= 0.6 is 0 Å². The number of nitriles is 1. The fourth-order valence-electron chi connectivity index (χ4n) is 1.77. The molecule has 6 heteroatoms. The van der Waals surface area contributed by atoms with Gasteiger partial charge in [0.25, 0.3) is 0 Å². The Balaban J connectivity index is 2.16. The van der Waals surface area contributed by atoms with E-state index in [9.17, 15) is 5.26 Å². The van der Waals surface area contributed by atoms with Crippen molar-refractivity contribution in [1.29, 1.82) is 5.26 Å². The first kappa shape index (κ1) is 15.0. The number of hydrogen-bond acceptors (Lipinski definition) is 6. The molecule has 1 N–H and O–H groups in total. The third-order valence-electron chi connectivity index (χ3n) is 3.27. The van der Waals surface area contributed by atoms with E-state index in [-0.39, 0.29) is 5.41 Å². The second kappa shape index (κ2) is 5.52. The summed E-state index contributed by atoms with van der Waals surface area (Å²) in [5.74, 6) is 1.84. The quantitative estimate of drug-likeness (QED) is 0.933. The van der Waals surface area contributed by atoms with Gasteiger partial charge in [-0.2, -0.15) is 10.4 Å². The minimum absolute atomic E-state index is 0.0800. The summed E-state index contributed by atoms with van der Waals surface area (Å²) in [6.45, 7) is 10.2. The van der Waals surface area contributed by atoms with E-state index in [1.165, 1.54) is 0 Å². The maximum atomic E-state index is 9.23. The van der Waals surface area contributed by atoms with Crippen molar-refractivity contribution in [2.24, 2.45) is 0 Å². The first-order valence-electron chi connectivity index (χ1n) is 6.76. The van der Waals surface area contributed by atoms with Gasteiger partial charge in [0.1, 0.15) is 17.4 Å². The molecule has 0 amide bonds. The van der Waals surface area contributed by atoms with Crippen molar-refractivity contribution in [3.05, 3.63) is 34.7 Å². The minimum Gasteiger partial charge on any atom is -0.443 e. The summed E-state index contributed by atoms with van der Waals surface area (Å²) in [6, 6.07) is 2.15. The van der Waals surface area contributed by atoms with Crippen LogP contribution < -0.4 is 5.32 Å². The van der Waals surface area contributed by atoms with Crippen molar-refractivity contribution in [3.63, 3.8) is 0 Å². The number of nitrogens with one attached hydrogen (secondary N) is 1. The lowest BCUT2D eigenvalue weighted by atomic mass is 9.94. The summed E-state index contributed by atoms with van der Waals surface area (Å²) in [5, 5.41) is 20.4. The standard InChI is InChI=1S/C15H19N5O/c1-9-10(2)19-20-14(11(9)6-16)18-8-13-17-7-12(21-13)15(3,4)5/h7H,8H2,1-5H3,(H,18,20). The van der Waals surface area contributed by atoms with E-state index in [1.807, 2.05) is 13.8 Å². The van der Waals surface area contributed by atoms with Gasteiger partial charge in [-0.15, -0.1) is 5.10 Å². The maximum absolute atomic E-state index is 9.23. The second-order valence-electron chi connectivity index (χ2n) is 5.97. The van der Waals surface area contributed by atoms with Crippen molar-refractivity contribution < 1.29 is 4.42 Å². The summed E-state index contributed by atoms with van der Waals surface area (Å²) in [7, 11) is 0. The minimum atomic E-state index is -0.0800. The number of rotatable bonds is 3. The molecule has 0 aromatic carbocycles. The molecule has 0 aliphatic heterocycles. The highest BCUT2D eigenvalue weighted by molar-refractivity contribution is 5.55. The van der Waals surface area contributed by atoms with Gasteiger partial charge in [0.15, 0.2) is 5.82 Å². The van der Waals surface area contributed by atoms with Gasteiger partial charge >= 0.3 is 0 Å². The van der Waals surface area contributed by atoms with Crippen LogP contribution in [-0.4, -0.2) is 15.2 Å². The molecular formula is C15H19N5O. The third kappa shape index (κ3) is 3.19. The average Bonchev–Trinajstić information content (AvgIpc) is 2.89. The molecule has 0 fully saturated rings. The van der Waals surface area contributed by atoms with E-state index in [0.29, 0.717) is 23.8 Å². The zero-order valence-electron chi connectivity index (χ0n) is 13.0. The molecule has 0 aliphatic rings. The normalized spacial score (nSPS) is 11.2. The Kier molecular flexibility index (Phi) is 3.94. The predicted molar refractivity (Wildman–Crippen MR) is 78.8 cm³/mol. The van der Waals surface area contributed by atoms with Gasteiger partial charge in [-0.1, -0.05) is 20.8 Å². The van der Waals surface area contributed by atoms with Gasteiger partial charge in [-0.25, -0.2) is 4.98 Å². The number of aromatic nitrogens is 3. The molecule has 2 aromatic rings. The van der Waals surface area contributed by atoms with Crippen LogP contribution in [0, 0.1) is 25.2 Å². The van der Waals surface area contributed by atoms with Crippen molar-refractivity contribution >= 4 is 5.82 Å². The molecule has 0 saturated heterocycles. The second-order valence-corrected chi connectivity index (χ2v) is 5.97.